The Morgan fingerprint density at radius 1 is 0.935 bits per heavy atom. The Hall–Kier alpha value is -1.34. The average molecular weight is 445 g/mol. The van der Waals surface area contributed by atoms with Crippen LogP contribution in [0, 0.1) is 0 Å². The van der Waals surface area contributed by atoms with Gasteiger partial charge in [0.1, 0.15) is 0 Å². The van der Waals surface area contributed by atoms with Gasteiger partial charge in [0.05, 0.1) is 5.54 Å². The van der Waals surface area contributed by atoms with E-state index in [-0.39, 0.29) is 24.3 Å². The first-order chi connectivity index (χ1) is 14.8. The lowest BCUT2D eigenvalue weighted by Crippen LogP contribution is -2.66. The molecule has 1 amide bonds. The summed E-state index contributed by atoms with van der Waals surface area (Å²) in [6.07, 6.45) is 0.522. The number of hydrogen-bond acceptors (Lipinski definition) is 9. The fourth-order valence-corrected chi connectivity index (χ4v) is 3.44. The molecule has 1 saturated heterocycles. The number of carboxylic acid groups (broad SMARTS) is 1. The molecule has 1 aliphatic rings. The molecule has 11 heteroatoms. The fourth-order valence-electron chi connectivity index (χ4n) is 3.44. The molecule has 0 aromatic carbocycles. The summed E-state index contributed by atoms with van der Waals surface area (Å²) in [6, 6.07) is 0. The van der Waals surface area contributed by atoms with E-state index >= 15 is 0 Å². The first-order valence-corrected chi connectivity index (χ1v) is 11.3. The molecule has 1 heterocycles. The summed E-state index contributed by atoms with van der Waals surface area (Å²) in [4.78, 5) is 23.4. The number of amides is 1. The summed E-state index contributed by atoms with van der Waals surface area (Å²) in [5.74, 6) is -1.01. The van der Waals surface area contributed by atoms with Gasteiger partial charge in [0.25, 0.3) is 0 Å². The lowest BCUT2D eigenvalue weighted by Gasteiger charge is -2.36. The quantitative estimate of drug-likeness (QED) is 0.159. The third kappa shape index (κ3) is 13.6. The number of carbonyl (C=O) groups excluding carboxylic acids is 1. The van der Waals surface area contributed by atoms with Crippen molar-refractivity contribution >= 4 is 11.9 Å². The fraction of sp³-hybridized carbons (Fsp3) is 0.900. The highest BCUT2D eigenvalue weighted by Gasteiger charge is 2.31. The molecule has 0 atom stereocenters. The highest BCUT2D eigenvalue weighted by Crippen LogP contribution is 2.05. The van der Waals surface area contributed by atoms with Crippen LogP contribution in [0.1, 0.15) is 26.2 Å². The summed E-state index contributed by atoms with van der Waals surface area (Å²) in [7, 11) is 1.90. The summed E-state index contributed by atoms with van der Waals surface area (Å²) in [6.45, 7) is 9.89. The number of aliphatic carboxylic acids is 1. The molecule has 1 fully saturated rings. The molecule has 10 N–H and O–H groups in total. The van der Waals surface area contributed by atoms with Crippen molar-refractivity contribution < 1.29 is 14.7 Å². The number of rotatable bonds is 10. The van der Waals surface area contributed by atoms with Gasteiger partial charge < -0.3 is 48.1 Å². The van der Waals surface area contributed by atoms with E-state index in [9.17, 15) is 9.59 Å². The van der Waals surface area contributed by atoms with Crippen LogP contribution in [0.25, 0.3) is 0 Å². The van der Waals surface area contributed by atoms with Gasteiger partial charge in [-0.05, 0) is 20.4 Å². The molecule has 0 radical (unpaired) electrons. The molecule has 182 valence electrons. The van der Waals surface area contributed by atoms with Crippen LogP contribution in [-0.4, -0.2) is 107 Å². The number of nitrogens with one attached hydrogen (secondary N) is 7. The minimum atomic E-state index is -0.883. The summed E-state index contributed by atoms with van der Waals surface area (Å²) >= 11 is 0. The third-order valence-electron chi connectivity index (χ3n) is 5.16. The van der Waals surface area contributed by atoms with E-state index in [0.29, 0.717) is 39.1 Å². The number of likely N-dealkylation sites (N-methyl/N-ethyl adjacent to an activating group) is 1. The van der Waals surface area contributed by atoms with Gasteiger partial charge in [-0.15, -0.1) is 0 Å². The summed E-state index contributed by atoms with van der Waals surface area (Å²) in [5.41, 5.74) is 5.46. The van der Waals surface area contributed by atoms with Crippen molar-refractivity contribution in [1.82, 2.24) is 37.2 Å². The molecule has 0 spiro atoms. The standard InChI is InChI=1S/C20H44N8O3/c1-19(21)12-23-8-10-26-15-20(14-25-7-6-22-2,16-27-11-9-24-13-19)28-17(29)4-3-5-18(30)31/h22-27H,3-16,21H2,1-2H3,(H,28,29)(H,30,31)/t19-,20+. The Kier molecular flexibility index (Phi) is 13.8. The Bertz CT molecular complexity index is 501. The van der Waals surface area contributed by atoms with E-state index in [0.717, 1.165) is 39.3 Å². The SMILES string of the molecule is CNCCNC[C@]1(NC(=O)CCCC(=O)O)CNCCNC[C@@](C)(N)CNCCNC1. The van der Waals surface area contributed by atoms with E-state index in [1.807, 2.05) is 14.0 Å². The molecule has 0 bridgehead atoms. The van der Waals surface area contributed by atoms with E-state index in [1.54, 1.807) is 0 Å². The smallest absolute Gasteiger partial charge is 0.303 e. The minimum Gasteiger partial charge on any atom is -0.481 e. The first-order valence-electron chi connectivity index (χ1n) is 11.3. The van der Waals surface area contributed by atoms with Gasteiger partial charge in [0.2, 0.25) is 5.91 Å². The van der Waals surface area contributed by atoms with Crippen molar-refractivity contribution in [2.45, 2.75) is 37.3 Å². The molecule has 0 aromatic heterocycles. The molecule has 1 rings (SSSR count). The van der Waals surface area contributed by atoms with Crippen LogP contribution in [0.5, 0.6) is 0 Å². The molecular weight excluding hydrogens is 400 g/mol. The number of hydrogen-bond donors (Lipinski definition) is 9. The van der Waals surface area contributed by atoms with Gasteiger partial charge in [-0.25, -0.2) is 0 Å². The predicted octanol–water partition coefficient (Wildman–Crippen LogP) is -3.01. The molecular formula is C20H44N8O3. The van der Waals surface area contributed by atoms with Crippen LogP contribution in [0.2, 0.25) is 0 Å². The van der Waals surface area contributed by atoms with Gasteiger partial charge >= 0.3 is 5.97 Å². The van der Waals surface area contributed by atoms with Gasteiger partial charge in [-0.3, -0.25) is 9.59 Å². The van der Waals surface area contributed by atoms with Crippen molar-refractivity contribution in [2.75, 3.05) is 79.0 Å². The van der Waals surface area contributed by atoms with Crippen LogP contribution < -0.4 is 43.0 Å². The molecule has 0 saturated carbocycles. The number of carboxylic acids is 1. The monoisotopic (exact) mass is 444 g/mol. The van der Waals surface area contributed by atoms with E-state index in [4.69, 9.17) is 10.8 Å². The second kappa shape index (κ2) is 15.5. The number of nitrogens with two attached hydrogens (primary N) is 1. The summed E-state index contributed by atoms with van der Waals surface area (Å²) in [5, 5.41) is 32.2. The highest BCUT2D eigenvalue weighted by atomic mass is 16.4. The summed E-state index contributed by atoms with van der Waals surface area (Å²) < 4.78 is 0. The van der Waals surface area contributed by atoms with Crippen molar-refractivity contribution in [2.24, 2.45) is 5.73 Å². The third-order valence-corrected chi connectivity index (χ3v) is 5.16. The van der Waals surface area contributed by atoms with Gasteiger partial charge in [-0.1, -0.05) is 0 Å². The minimum absolute atomic E-state index is 0.00522. The molecule has 1 aliphatic heterocycles. The molecule has 0 unspecified atom stereocenters. The molecule has 31 heavy (non-hydrogen) atoms. The maximum Gasteiger partial charge on any atom is 0.303 e. The average Bonchev–Trinajstić information content (AvgIpc) is 2.69. The van der Waals surface area contributed by atoms with E-state index in [2.05, 4.69) is 37.2 Å². The molecule has 0 aliphatic carbocycles. The molecule has 11 nitrogen and oxygen atoms in total. The zero-order valence-corrected chi connectivity index (χ0v) is 19.2. The van der Waals surface area contributed by atoms with Crippen molar-refractivity contribution in [3.8, 4) is 0 Å². The van der Waals surface area contributed by atoms with Crippen molar-refractivity contribution in [3.63, 3.8) is 0 Å². The normalized spacial score (nSPS) is 26.7. The number of carbonyl (C=O) groups is 2. The zero-order valence-electron chi connectivity index (χ0n) is 19.2. The zero-order chi connectivity index (χ0) is 23.0. The first kappa shape index (κ1) is 27.7. The van der Waals surface area contributed by atoms with Crippen molar-refractivity contribution in [3.05, 3.63) is 0 Å². The largest absolute Gasteiger partial charge is 0.481 e. The Morgan fingerprint density at radius 2 is 1.48 bits per heavy atom. The van der Waals surface area contributed by atoms with Crippen molar-refractivity contribution in [1.29, 1.82) is 0 Å². The Balaban J connectivity index is 2.75. The van der Waals surface area contributed by atoms with Crippen LogP contribution in [0.15, 0.2) is 0 Å². The Labute approximate surface area is 186 Å². The van der Waals surface area contributed by atoms with Gasteiger partial charge in [0, 0.05) is 90.4 Å². The second-order valence-corrected chi connectivity index (χ2v) is 8.72. The maximum absolute atomic E-state index is 12.6. The van der Waals surface area contributed by atoms with Crippen LogP contribution >= 0.6 is 0 Å². The topological polar surface area (TPSA) is 165 Å². The van der Waals surface area contributed by atoms with Crippen LogP contribution in [0.4, 0.5) is 0 Å². The lowest BCUT2D eigenvalue weighted by atomic mass is 9.97. The lowest BCUT2D eigenvalue weighted by molar-refractivity contribution is -0.137. The van der Waals surface area contributed by atoms with Gasteiger partial charge in [0.15, 0.2) is 0 Å². The van der Waals surface area contributed by atoms with Crippen LogP contribution in [0.3, 0.4) is 0 Å². The van der Waals surface area contributed by atoms with E-state index in [1.165, 1.54) is 0 Å². The Morgan fingerprint density at radius 3 is 2.00 bits per heavy atom. The predicted molar refractivity (Wildman–Crippen MR) is 123 cm³/mol. The maximum atomic E-state index is 12.6. The highest BCUT2D eigenvalue weighted by molar-refractivity contribution is 5.77. The molecule has 0 aromatic rings. The van der Waals surface area contributed by atoms with Gasteiger partial charge in [-0.2, -0.15) is 0 Å². The van der Waals surface area contributed by atoms with Crippen LogP contribution in [-0.2, 0) is 9.59 Å². The van der Waals surface area contributed by atoms with E-state index < -0.39 is 11.5 Å². The second-order valence-electron chi connectivity index (χ2n) is 8.72.